The van der Waals surface area contributed by atoms with Crippen molar-refractivity contribution in [3.8, 4) is 0 Å². The van der Waals surface area contributed by atoms with Crippen molar-refractivity contribution in [2.45, 2.75) is 269 Å². The summed E-state index contributed by atoms with van der Waals surface area (Å²) >= 11 is 0. The number of hydrogen-bond acceptors (Lipinski definition) is 10. The van der Waals surface area contributed by atoms with E-state index in [-0.39, 0.29) is 19.4 Å². The van der Waals surface area contributed by atoms with E-state index < -0.39 is 67.4 Å². The average molecular weight is 998 g/mol. The Kier molecular flexibility index (Phi) is 44.4. The van der Waals surface area contributed by atoms with Gasteiger partial charge in [0.25, 0.3) is 0 Å². The second kappa shape index (κ2) is 47.8. The van der Waals surface area contributed by atoms with Crippen LogP contribution >= 0.6 is 0 Å². The number of allylic oxidation sites excluding steroid dienone is 13. The predicted octanol–water partition coefficient (Wildman–Crippen LogP) is 12.6. The van der Waals surface area contributed by atoms with Gasteiger partial charge >= 0.3 is 5.97 Å². The molecular weight excluding hydrogens is 895 g/mol. The summed E-state index contributed by atoms with van der Waals surface area (Å²) in [4.78, 5) is 26.4. The highest BCUT2D eigenvalue weighted by Gasteiger charge is 2.47. The van der Waals surface area contributed by atoms with Gasteiger partial charge < -0.3 is 45.1 Å². The number of carbonyl (C=O) groups is 2. The number of carbonyl (C=O) groups excluding carboxylic acids is 2. The summed E-state index contributed by atoms with van der Waals surface area (Å²) in [7, 11) is 0. The smallest absolute Gasteiger partial charge is 0.306 e. The van der Waals surface area contributed by atoms with Gasteiger partial charge in [-0.3, -0.25) is 9.59 Å². The molecule has 0 aromatic carbocycles. The maximum absolute atomic E-state index is 13.3. The van der Waals surface area contributed by atoms with E-state index in [9.17, 15) is 35.1 Å². The lowest BCUT2D eigenvalue weighted by Gasteiger charge is -2.41. The minimum absolute atomic E-state index is 0.108. The molecule has 8 atom stereocenters. The third-order valence-electron chi connectivity index (χ3n) is 12.8. The lowest BCUT2D eigenvalue weighted by molar-refractivity contribution is -0.305. The van der Waals surface area contributed by atoms with Gasteiger partial charge in [-0.2, -0.15) is 0 Å². The zero-order chi connectivity index (χ0) is 51.8. The number of ether oxygens (including phenoxy) is 3. The lowest BCUT2D eigenvalue weighted by Crippen LogP contribution is -2.61. The Hall–Kier alpha value is -3.16. The Labute approximate surface area is 432 Å². The van der Waals surface area contributed by atoms with Gasteiger partial charge in [0, 0.05) is 6.42 Å². The molecule has 1 aliphatic rings. The molecule has 11 heteroatoms. The molecule has 8 unspecified atom stereocenters. The quantitative estimate of drug-likeness (QED) is 0.0196. The number of aliphatic hydroxyl groups is 5. The normalized spacial score (nSPS) is 20.3. The number of hydrogen-bond donors (Lipinski definition) is 6. The molecule has 1 rings (SSSR count). The number of esters is 1. The fraction of sp³-hybridized carbons (Fsp3) is 0.733. The molecular formula is C60H103NO10. The number of aliphatic hydroxyl groups excluding tert-OH is 5. The average Bonchev–Trinajstić information content (AvgIpc) is 3.37. The molecule has 408 valence electrons. The molecule has 0 radical (unpaired) electrons. The van der Waals surface area contributed by atoms with Gasteiger partial charge in [-0.05, 0) is 89.9 Å². The van der Waals surface area contributed by atoms with E-state index in [1.165, 1.54) is 83.5 Å². The zero-order valence-electron chi connectivity index (χ0n) is 44.8. The lowest BCUT2D eigenvalue weighted by atomic mass is 9.99. The van der Waals surface area contributed by atoms with E-state index in [1.54, 1.807) is 6.08 Å². The van der Waals surface area contributed by atoms with E-state index in [4.69, 9.17) is 14.2 Å². The largest absolute Gasteiger partial charge is 0.454 e. The summed E-state index contributed by atoms with van der Waals surface area (Å²) in [5, 5.41) is 56.7. The van der Waals surface area contributed by atoms with Crippen LogP contribution in [0.25, 0.3) is 0 Å². The molecule has 1 amide bonds. The van der Waals surface area contributed by atoms with Crippen molar-refractivity contribution < 1.29 is 49.3 Å². The molecule has 0 bridgehead atoms. The molecule has 1 heterocycles. The molecule has 0 aromatic rings. The number of nitrogens with one attached hydrogen (secondary N) is 1. The molecule has 1 aliphatic heterocycles. The molecule has 6 N–H and O–H groups in total. The molecule has 1 fully saturated rings. The Morgan fingerprint density at radius 2 is 1.01 bits per heavy atom. The van der Waals surface area contributed by atoms with E-state index >= 15 is 0 Å². The van der Waals surface area contributed by atoms with Gasteiger partial charge in [-0.1, -0.05) is 209 Å². The number of rotatable bonds is 46. The van der Waals surface area contributed by atoms with Crippen molar-refractivity contribution >= 4 is 11.9 Å². The highest BCUT2D eigenvalue weighted by Crippen LogP contribution is 2.26. The maximum atomic E-state index is 13.3. The monoisotopic (exact) mass is 998 g/mol. The Morgan fingerprint density at radius 3 is 1.54 bits per heavy atom. The first-order chi connectivity index (χ1) is 34.7. The number of amides is 1. The van der Waals surface area contributed by atoms with E-state index in [0.717, 1.165) is 89.9 Å². The third kappa shape index (κ3) is 36.4. The van der Waals surface area contributed by atoms with E-state index in [0.29, 0.717) is 12.8 Å². The summed E-state index contributed by atoms with van der Waals surface area (Å²) in [6.07, 6.45) is 50.6. The molecule has 71 heavy (non-hydrogen) atoms. The first kappa shape index (κ1) is 65.9. The van der Waals surface area contributed by atoms with Crippen molar-refractivity contribution in [3.63, 3.8) is 0 Å². The van der Waals surface area contributed by atoms with Crippen molar-refractivity contribution in [2.24, 2.45) is 0 Å². The van der Waals surface area contributed by atoms with Crippen LogP contribution in [0.4, 0.5) is 0 Å². The molecule has 1 saturated heterocycles. The second-order valence-corrected chi connectivity index (χ2v) is 19.3. The van der Waals surface area contributed by atoms with Crippen LogP contribution in [0.15, 0.2) is 85.1 Å². The molecule has 11 nitrogen and oxygen atoms in total. The van der Waals surface area contributed by atoms with Crippen LogP contribution in [0.3, 0.4) is 0 Å². The minimum atomic E-state index is -1.63. The van der Waals surface area contributed by atoms with Gasteiger partial charge in [0.1, 0.15) is 24.4 Å². The van der Waals surface area contributed by atoms with Gasteiger partial charge in [-0.25, -0.2) is 0 Å². The summed E-state index contributed by atoms with van der Waals surface area (Å²) in [5.74, 6) is -1.27. The third-order valence-corrected chi connectivity index (χ3v) is 12.8. The van der Waals surface area contributed by atoms with Crippen LogP contribution in [-0.2, 0) is 23.8 Å². The maximum Gasteiger partial charge on any atom is 0.306 e. The van der Waals surface area contributed by atoms with Crippen molar-refractivity contribution in [2.75, 3.05) is 13.2 Å². The Balaban J connectivity index is 2.78. The number of unbranched alkanes of at least 4 members (excludes halogenated alkanes) is 20. The SMILES string of the molecule is CC/C=C\C/C=C\C/C=C\C/C=C\C/C=C\CCC(O)C(=O)NC(COC1OC(CO)C(O)C(O)C1OC(=O)CCCCCCCCC/C=C\CCCCCC)C(O)/C=C/CCCCCCCCCCC. The van der Waals surface area contributed by atoms with E-state index in [2.05, 4.69) is 86.8 Å². The van der Waals surface area contributed by atoms with Crippen LogP contribution in [0.5, 0.6) is 0 Å². The van der Waals surface area contributed by atoms with Crippen molar-refractivity contribution in [1.82, 2.24) is 5.32 Å². The second-order valence-electron chi connectivity index (χ2n) is 19.3. The minimum Gasteiger partial charge on any atom is -0.454 e. The van der Waals surface area contributed by atoms with Crippen LogP contribution in [0, 0.1) is 0 Å². The van der Waals surface area contributed by atoms with Crippen molar-refractivity contribution in [3.05, 3.63) is 85.1 Å². The van der Waals surface area contributed by atoms with Gasteiger partial charge in [0.2, 0.25) is 5.91 Å². The first-order valence-electron chi connectivity index (χ1n) is 28.4. The topological polar surface area (TPSA) is 175 Å². The molecule has 0 aromatic heterocycles. The van der Waals surface area contributed by atoms with Crippen LogP contribution in [0.2, 0.25) is 0 Å². The predicted molar refractivity (Wildman–Crippen MR) is 292 cm³/mol. The highest BCUT2D eigenvalue weighted by atomic mass is 16.7. The first-order valence-corrected chi connectivity index (χ1v) is 28.4. The molecule has 0 spiro atoms. The molecule has 0 aliphatic carbocycles. The summed E-state index contributed by atoms with van der Waals surface area (Å²) in [6, 6.07) is -1.06. The van der Waals surface area contributed by atoms with Gasteiger partial charge in [0.05, 0.1) is 25.4 Å². The van der Waals surface area contributed by atoms with Gasteiger partial charge in [0.15, 0.2) is 12.4 Å². The van der Waals surface area contributed by atoms with Crippen LogP contribution < -0.4 is 5.32 Å². The summed E-state index contributed by atoms with van der Waals surface area (Å²) in [6.45, 7) is 5.59. The fourth-order valence-electron chi connectivity index (χ4n) is 8.27. The summed E-state index contributed by atoms with van der Waals surface area (Å²) < 4.78 is 17.5. The Bertz CT molecular complexity index is 1470. The fourth-order valence-corrected chi connectivity index (χ4v) is 8.27. The van der Waals surface area contributed by atoms with E-state index in [1.807, 2.05) is 18.2 Å². The van der Waals surface area contributed by atoms with Crippen LogP contribution in [0.1, 0.15) is 220 Å². The molecule has 0 saturated carbocycles. The van der Waals surface area contributed by atoms with Crippen LogP contribution in [-0.4, -0.2) is 99.6 Å². The Morgan fingerprint density at radius 1 is 0.563 bits per heavy atom. The highest BCUT2D eigenvalue weighted by molar-refractivity contribution is 5.80. The van der Waals surface area contributed by atoms with Crippen molar-refractivity contribution in [1.29, 1.82) is 0 Å². The standard InChI is InChI=1S/C60H103NO10/c1-4-7-10-13-16-19-22-24-26-28-29-32-35-38-41-44-47-53(64)59(68)61-51(52(63)46-43-40-37-34-31-21-18-15-12-9-6-3)50-69-60-58(57(67)56(66)54(49-62)70-60)71-55(65)48-45-42-39-36-33-30-27-25-23-20-17-14-11-8-5-2/h7,10,16,19-20,23-24,26,29,32,38,41,43,46,51-54,56-58,60,62-64,66-67H,4-6,8-9,11-15,17-18,21-22,25,27-28,30-31,33-37,39-40,42,44-45,47-50H2,1-3H3,(H,61,68)/b10-7-,19-16-,23-20-,26-24-,32-29-,41-38-,46-43+. The van der Waals surface area contributed by atoms with Gasteiger partial charge in [-0.15, -0.1) is 0 Å². The zero-order valence-corrected chi connectivity index (χ0v) is 44.8. The summed E-state index contributed by atoms with van der Waals surface area (Å²) in [5.41, 5.74) is 0.